The molecule has 0 N–H and O–H groups in total. The van der Waals surface area contributed by atoms with Crippen molar-refractivity contribution in [3.05, 3.63) is 30.2 Å². The Morgan fingerprint density at radius 2 is 1.74 bits per heavy atom. The molecule has 1 aliphatic heterocycles. The predicted molar refractivity (Wildman–Crippen MR) is 117 cm³/mol. The van der Waals surface area contributed by atoms with Crippen LogP contribution < -0.4 is 4.74 Å². The first-order chi connectivity index (χ1) is 15.2. The molecule has 7 nitrogen and oxygen atoms in total. The van der Waals surface area contributed by atoms with Gasteiger partial charge in [-0.3, -0.25) is 9.80 Å². The van der Waals surface area contributed by atoms with Crippen LogP contribution in [0.5, 0.6) is 5.75 Å². The van der Waals surface area contributed by atoms with E-state index in [0.717, 1.165) is 69.1 Å². The summed E-state index contributed by atoms with van der Waals surface area (Å²) in [5, 5.41) is 7.98. The van der Waals surface area contributed by atoms with Crippen LogP contribution in [0.15, 0.2) is 28.7 Å². The molecule has 3 aliphatic rings. The van der Waals surface area contributed by atoms with Gasteiger partial charge in [0.1, 0.15) is 18.1 Å². The van der Waals surface area contributed by atoms with Crippen molar-refractivity contribution in [1.29, 1.82) is 0 Å². The molecule has 2 aliphatic carbocycles. The second kappa shape index (κ2) is 9.09. The van der Waals surface area contributed by atoms with Crippen LogP contribution in [0.2, 0.25) is 0 Å². The molecule has 3 unspecified atom stereocenters. The Balaban J connectivity index is 1.24. The lowest BCUT2D eigenvalue weighted by Gasteiger charge is -2.48. The summed E-state index contributed by atoms with van der Waals surface area (Å²) in [4.78, 5) is 16.8. The van der Waals surface area contributed by atoms with E-state index in [1.54, 1.807) is 6.92 Å². The van der Waals surface area contributed by atoms with Gasteiger partial charge in [-0.1, -0.05) is 6.42 Å². The quantitative estimate of drug-likeness (QED) is 0.659. The van der Waals surface area contributed by atoms with Gasteiger partial charge in [0, 0.05) is 56.7 Å². The summed E-state index contributed by atoms with van der Waals surface area (Å²) in [7, 11) is 0. The molecule has 0 radical (unpaired) electrons. The lowest BCUT2D eigenvalue weighted by atomic mass is 9.83. The van der Waals surface area contributed by atoms with Crippen molar-refractivity contribution in [2.24, 2.45) is 5.92 Å². The third-order valence-corrected chi connectivity index (χ3v) is 7.31. The molecular formula is C24H32N4O3. The van der Waals surface area contributed by atoms with Crippen LogP contribution in [0.3, 0.4) is 0 Å². The van der Waals surface area contributed by atoms with Gasteiger partial charge < -0.3 is 13.9 Å². The Morgan fingerprint density at radius 1 is 1.00 bits per heavy atom. The van der Waals surface area contributed by atoms with Crippen LogP contribution in [0.25, 0.3) is 11.5 Å². The molecule has 3 fully saturated rings. The summed E-state index contributed by atoms with van der Waals surface area (Å²) in [6.07, 6.45) is 8.10. The highest BCUT2D eigenvalue weighted by molar-refractivity contribution is 5.54. The van der Waals surface area contributed by atoms with Crippen molar-refractivity contribution in [1.82, 2.24) is 20.0 Å². The molecule has 166 valence electrons. The lowest BCUT2D eigenvalue weighted by Crippen LogP contribution is -2.58. The summed E-state index contributed by atoms with van der Waals surface area (Å²) >= 11 is 0. The Bertz CT molecular complexity index is 871. The molecule has 1 aromatic carbocycles. The molecule has 2 aromatic rings. The number of rotatable bonds is 6. The SMILES string of the molecule is Cc1nnc(-c2ccc(OC3CCC(C=O)CC3N3CCN(C4CCC4)CC3)cc2)o1. The number of aldehydes is 1. The molecule has 7 heteroatoms. The van der Waals surface area contributed by atoms with Crippen molar-refractivity contribution in [2.75, 3.05) is 26.2 Å². The number of carbonyl (C=O) groups is 1. The van der Waals surface area contributed by atoms with E-state index >= 15 is 0 Å². The van der Waals surface area contributed by atoms with Crippen LogP contribution in [-0.2, 0) is 4.79 Å². The van der Waals surface area contributed by atoms with Crippen LogP contribution in [0.1, 0.15) is 44.4 Å². The Hall–Kier alpha value is -2.25. The van der Waals surface area contributed by atoms with E-state index < -0.39 is 0 Å². The average Bonchev–Trinajstić information content (AvgIpc) is 3.20. The van der Waals surface area contributed by atoms with E-state index in [0.29, 0.717) is 17.8 Å². The summed E-state index contributed by atoms with van der Waals surface area (Å²) in [5.74, 6) is 2.09. The highest BCUT2D eigenvalue weighted by atomic mass is 16.5. The van der Waals surface area contributed by atoms with Gasteiger partial charge in [0.05, 0.1) is 0 Å². The Labute approximate surface area is 183 Å². The summed E-state index contributed by atoms with van der Waals surface area (Å²) in [6, 6.07) is 8.99. The van der Waals surface area contributed by atoms with E-state index in [9.17, 15) is 4.79 Å². The number of aryl methyl sites for hydroxylation is 1. The van der Waals surface area contributed by atoms with Gasteiger partial charge in [-0.05, 0) is 56.4 Å². The van der Waals surface area contributed by atoms with E-state index in [4.69, 9.17) is 9.15 Å². The molecule has 0 amide bonds. The molecule has 2 heterocycles. The molecule has 1 aromatic heterocycles. The molecule has 2 saturated carbocycles. The third-order valence-electron chi connectivity index (χ3n) is 7.31. The molecular weight excluding hydrogens is 392 g/mol. The molecule has 0 spiro atoms. The molecule has 1 saturated heterocycles. The number of aromatic nitrogens is 2. The molecule has 0 bridgehead atoms. The van der Waals surface area contributed by atoms with Crippen LogP contribution in [0, 0.1) is 12.8 Å². The van der Waals surface area contributed by atoms with Crippen LogP contribution in [0.4, 0.5) is 0 Å². The van der Waals surface area contributed by atoms with E-state index in [-0.39, 0.29) is 12.0 Å². The number of benzene rings is 1. The van der Waals surface area contributed by atoms with Crippen LogP contribution >= 0.6 is 0 Å². The zero-order valence-electron chi connectivity index (χ0n) is 18.3. The van der Waals surface area contributed by atoms with E-state index in [2.05, 4.69) is 20.0 Å². The molecule has 5 rings (SSSR count). The standard InChI is InChI=1S/C24H32N4O3/c1-17-25-26-24(30-17)19-6-8-21(9-7-19)31-23-10-5-18(16-29)15-22(23)28-13-11-27(12-14-28)20-3-2-4-20/h6-9,16,18,20,22-23H,2-5,10-15H2,1H3. The average molecular weight is 425 g/mol. The number of carbonyl (C=O) groups excluding carboxylic acids is 1. The first-order valence-corrected chi connectivity index (χ1v) is 11.7. The summed E-state index contributed by atoms with van der Waals surface area (Å²) in [5.41, 5.74) is 0.890. The minimum absolute atomic E-state index is 0.114. The van der Waals surface area contributed by atoms with Crippen molar-refractivity contribution in [2.45, 2.75) is 63.6 Å². The highest BCUT2D eigenvalue weighted by Crippen LogP contribution is 2.33. The number of nitrogens with zero attached hydrogens (tertiary/aromatic N) is 4. The monoisotopic (exact) mass is 424 g/mol. The van der Waals surface area contributed by atoms with Crippen molar-refractivity contribution in [3.8, 4) is 17.2 Å². The maximum Gasteiger partial charge on any atom is 0.247 e. The fourth-order valence-corrected chi connectivity index (χ4v) is 5.25. The maximum atomic E-state index is 11.5. The topological polar surface area (TPSA) is 71.7 Å². The van der Waals surface area contributed by atoms with Crippen molar-refractivity contribution >= 4 is 6.29 Å². The van der Waals surface area contributed by atoms with Gasteiger partial charge in [0.25, 0.3) is 0 Å². The smallest absolute Gasteiger partial charge is 0.247 e. The Kier molecular flexibility index (Phi) is 6.05. The summed E-state index contributed by atoms with van der Waals surface area (Å²) < 4.78 is 12.0. The van der Waals surface area contributed by atoms with Crippen LogP contribution in [-0.4, -0.2) is 70.7 Å². The highest BCUT2D eigenvalue weighted by Gasteiger charge is 2.38. The van der Waals surface area contributed by atoms with Gasteiger partial charge >= 0.3 is 0 Å². The number of piperazine rings is 1. The zero-order chi connectivity index (χ0) is 21.2. The minimum Gasteiger partial charge on any atom is -0.489 e. The first-order valence-electron chi connectivity index (χ1n) is 11.7. The molecule has 31 heavy (non-hydrogen) atoms. The van der Waals surface area contributed by atoms with Gasteiger partial charge in [-0.25, -0.2) is 0 Å². The van der Waals surface area contributed by atoms with Crippen molar-refractivity contribution < 1.29 is 13.9 Å². The fourth-order valence-electron chi connectivity index (χ4n) is 5.25. The van der Waals surface area contributed by atoms with E-state index in [1.165, 1.54) is 19.3 Å². The van der Waals surface area contributed by atoms with Gasteiger partial charge in [0.2, 0.25) is 11.8 Å². The van der Waals surface area contributed by atoms with Gasteiger partial charge in [-0.2, -0.15) is 0 Å². The maximum absolute atomic E-state index is 11.5. The zero-order valence-corrected chi connectivity index (χ0v) is 18.3. The lowest BCUT2D eigenvalue weighted by molar-refractivity contribution is -0.114. The van der Waals surface area contributed by atoms with Crippen molar-refractivity contribution in [3.63, 3.8) is 0 Å². The number of hydrogen-bond donors (Lipinski definition) is 0. The predicted octanol–water partition coefficient (Wildman–Crippen LogP) is 3.33. The number of ether oxygens (including phenoxy) is 1. The second-order valence-corrected chi connectivity index (χ2v) is 9.24. The summed E-state index contributed by atoms with van der Waals surface area (Å²) in [6.45, 7) is 6.20. The second-order valence-electron chi connectivity index (χ2n) is 9.24. The van der Waals surface area contributed by atoms with Gasteiger partial charge in [-0.15, -0.1) is 10.2 Å². The number of hydrogen-bond acceptors (Lipinski definition) is 7. The van der Waals surface area contributed by atoms with E-state index in [1.807, 2.05) is 24.3 Å². The Morgan fingerprint density at radius 3 is 2.35 bits per heavy atom. The normalized spacial score (nSPS) is 28.2. The fraction of sp³-hybridized carbons (Fsp3) is 0.625. The molecule has 3 atom stereocenters. The van der Waals surface area contributed by atoms with Gasteiger partial charge in [0.15, 0.2) is 0 Å². The largest absolute Gasteiger partial charge is 0.489 e. The third kappa shape index (κ3) is 4.53. The first kappa shape index (κ1) is 20.6. The minimum atomic E-state index is 0.114.